The van der Waals surface area contributed by atoms with E-state index in [4.69, 9.17) is 0 Å². The lowest BCUT2D eigenvalue weighted by atomic mass is 9.92. The highest BCUT2D eigenvalue weighted by Gasteiger charge is 2.21. The third-order valence-electron chi connectivity index (χ3n) is 1.81. The first kappa shape index (κ1) is 8.05. The molecular weight excluding hydrogens is 138 g/mol. The first-order valence-electron chi connectivity index (χ1n) is 3.79. The van der Waals surface area contributed by atoms with E-state index in [0.717, 1.165) is 0 Å². The van der Waals surface area contributed by atoms with Crippen LogP contribution < -0.4 is 5.32 Å². The Balaban J connectivity index is 2.76. The summed E-state index contributed by atoms with van der Waals surface area (Å²) < 4.78 is 0. The first-order valence-corrected chi connectivity index (χ1v) is 3.79. The topological polar surface area (TPSA) is 29.1 Å². The smallest absolute Gasteiger partial charge is 0.231 e. The van der Waals surface area contributed by atoms with Crippen molar-refractivity contribution >= 4 is 5.91 Å². The summed E-state index contributed by atoms with van der Waals surface area (Å²) in [5.74, 6) is 0.437. The van der Waals surface area contributed by atoms with Gasteiger partial charge in [-0.15, -0.1) is 0 Å². The summed E-state index contributed by atoms with van der Waals surface area (Å²) >= 11 is 0. The third kappa shape index (κ3) is 1.70. The molecule has 0 radical (unpaired) electrons. The van der Waals surface area contributed by atoms with Crippen LogP contribution in [0.5, 0.6) is 0 Å². The van der Waals surface area contributed by atoms with Crippen molar-refractivity contribution in [2.45, 2.75) is 13.8 Å². The standard InChI is InChI=1S/C9H13NO/c1-6(2)8-5-4-7(3)10-9(8)11/h4-6,8H,3H2,1-2H3,(H,10,11). The minimum Gasteiger partial charge on any atom is -0.326 e. The lowest BCUT2D eigenvalue weighted by Crippen LogP contribution is -2.34. The van der Waals surface area contributed by atoms with E-state index in [-0.39, 0.29) is 11.8 Å². The van der Waals surface area contributed by atoms with E-state index in [1.54, 1.807) is 0 Å². The Morgan fingerprint density at radius 2 is 2.27 bits per heavy atom. The fourth-order valence-corrected chi connectivity index (χ4v) is 1.12. The average Bonchev–Trinajstić information content (AvgIpc) is 1.85. The number of carbonyl (C=O) groups excluding carboxylic acids is 1. The minimum absolute atomic E-state index is 0.0144. The molecule has 1 N–H and O–H groups in total. The number of carbonyl (C=O) groups is 1. The lowest BCUT2D eigenvalue weighted by Gasteiger charge is -2.20. The van der Waals surface area contributed by atoms with Crippen molar-refractivity contribution in [2.75, 3.05) is 0 Å². The van der Waals surface area contributed by atoms with Gasteiger partial charge in [0.25, 0.3) is 0 Å². The fraction of sp³-hybridized carbons (Fsp3) is 0.444. The van der Waals surface area contributed by atoms with Gasteiger partial charge in [-0.3, -0.25) is 4.79 Å². The molecule has 0 bridgehead atoms. The van der Waals surface area contributed by atoms with E-state index >= 15 is 0 Å². The molecule has 0 aromatic rings. The van der Waals surface area contributed by atoms with Crippen LogP contribution in [0, 0.1) is 11.8 Å². The predicted molar refractivity (Wildman–Crippen MR) is 44.8 cm³/mol. The number of rotatable bonds is 1. The quantitative estimate of drug-likeness (QED) is 0.604. The summed E-state index contributed by atoms with van der Waals surface area (Å²) in [7, 11) is 0. The summed E-state index contributed by atoms with van der Waals surface area (Å²) in [5.41, 5.74) is 0.687. The molecule has 1 aliphatic heterocycles. The van der Waals surface area contributed by atoms with Crippen LogP contribution in [-0.2, 0) is 4.79 Å². The Kier molecular flexibility index (Phi) is 2.13. The second-order valence-electron chi connectivity index (χ2n) is 3.14. The van der Waals surface area contributed by atoms with Gasteiger partial charge in [-0.05, 0) is 12.0 Å². The van der Waals surface area contributed by atoms with E-state index in [2.05, 4.69) is 11.9 Å². The number of nitrogens with one attached hydrogen (secondary N) is 1. The van der Waals surface area contributed by atoms with Gasteiger partial charge in [0.1, 0.15) is 0 Å². The van der Waals surface area contributed by atoms with E-state index in [0.29, 0.717) is 11.6 Å². The highest BCUT2D eigenvalue weighted by Crippen LogP contribution is 2.16. The zero-order valence-electron chi connectivity index (χ0n) is 6.92. The van der Waals surface area contributed by atoms with E-state index in [9.17, 15) is 4.79 Å². The number of allylic oxidation sites excluding steroid dienone is 1. The SMILES string of the molecule is C=C1C=CC(C(C)C)C(=O)N1. The summed E-state index contributed by atoms with van der Waals surface area (Å²) in [5, 5.41) is 2.69. The molecule has 1 aliphatic rings. The van der Waals surface area contributed by atoms with E-state index in [1.165, 1.54) is 0 Å². The molecule has 2 nitrogen and oxygen atoms in total. The van der Waals surface area contributed by atoms with Crippen LogP contribution in [-0.4, -0.2) is 5.91 Å². The largest absolute Gasteiger partial charge is 0.326 e. The number of hydrogen-bond donors (Lipinski definition) is 1. The summed E-state index contributed by atoms with van der Waals surface area (Å²) in [6.45, 7) is 7.70. The zero-order valence-corrected chi connectivity index (χ0v) is 6.92. The van der Waals surface area contributed by atoms with Crippen molar-refractivity contribution in [3.05, 3.63) is 24.4 Å². The Morgan fingerprint density at radius 3 is 2.73 bits per heavy atom. The van der Waals surface area contributed by atoms with Gasteiger partial charge < -0.3 is 5.32 Å². The Labute approximate surface area is 67.0 Å². The molecule has 11 heavy (non-hydrogen) atoms. The molecule has 0 aromatic carbocycles. The van der Waals surface area contributed by atoms with Crippen molar-refractivity contribution in [3.8, 4) is 0 Å². The van der Waals surface area contributed by atoms with Crippen molar-refractivity contribution < 1.29 is 4.79 Å². The van der Waals surface area contributed by atoms with Gasteiger partial charge in [-0.2, -0.15) is 0 Å². The molecule has 0 aromatic heterocycles. The van der Waals surface area contributed by atoms with Crippen LogP contribution in [0.4, 0.5) is 0 Å². The van der Waals surface area contributed by atoms with Gasteiger partial charge in [0.15, 0.2) is 0 Å². The first-order chi connectivity index (χ1) is 5.11. The Morgan fingerprint density at radius 1 is 1.64 bits per heavy atom. The van der Waals surface area contributed by atoms with Crippen molar-refractivity contribution in [1.82, 2.24) is 5.32 Å². The molecule has 0 saturated carbocycles. The molecule has 1 atom stereocenters. The molecular formula is C9H13NO. The molecule has 2 heteroatoms. The van der Waals surface area contributed by atoms with E-state index in [1.807, 2.05) is 26.0 Å². The molecule has 0 saturated heterocycles. The van der Waals surface area contributed by atoms with Gasteiger partial charge in [-0.25, -0.2) is 0 Å². The van der Waals surface area contributed by atoms with Crippen LogP contribution in [0.15, 0.2) is 24.4 Å². The fourth-order valence-electron chi connectivity index (χ4n) is 1.12. The van der Waals surface area contributed by atoms with Gasteiger partial charge in [0.05, 0.1) is 5.92 Å². The molecule has 1 rings (SSSR count). The predicted octanol–water partition coefficient (Wildman–Crippen LogP) is 1.46. The highest BCUT2D eigenvalue weighted by molar-refractivity contribution is 5.84. The molecule has 0 aliphatic carbocycles. The van der Waals surface area contributed by atoms with Gasteiger partial charge in [0.2, 0.25) is 5.91 Å². The molecule has 1 amide bonds. The van der Waals surface area contributed by atoms with Crippen molar-refractivity contribution in [2.24, 2.45) is 11.8 Å². The summed E-state index contributed by atoms with van der Waals surface area (Å²) in [4.78, 5) is 11.2. The van der Waals surface area contributed by atoms with Crippen LogP contribution >= 0.6 is 0 Å². The molecule has 0 spiro atoms. The van der Waals surface area contributed by atoms with Crippen molar-refractivity contribution in [1.29, 1.82) is 0 Å². The van der Waals surface area contributed by atoms with Crippen LogP contribution in [0.25, 0.3) is 0 Å². The summed E-state index contributed by atoms with van der Waals surface area (Å²) in [6.07, 6.45) is 3.76. The average molecular weight is 151 g/mol. The molecule has 1 heterocycles. The maximum Gasteiger partial charge on any atom is 0.231 e. The Bertz CT molecular complexity index is 216. The highest BCUT2D eigenvalue weighted by atomic mass is 16.1. The van der Waals surface area contributed by atoms with Crippen LogP contribution in [0.3, 0.4) is 0 Å². The lowest BCUT2D eigenvalue weighted by molar-refractivity contribution is -0.124. The van der Waals surface area contributed by atoms with E-state index < -0.39 is 0 Å². The third-order valence-corrected chi connectivity index (χ3v) is 1.81. The monoisotopic (exact) mass is 151 g/mol. The second kappa shape index (κ2) is 2.91. The van der Waals surface area contributed by atoms with Gasteiger partial charge >= 0.3 is 0 Å². The minimum atomic E-state index is 0.0144. The normalized spacial score (nSPS) is 24.1. The number of hydrogen-bond acceptors (Lipinski definition) is 1. The number of amides is 1. The van der Waals surface area contributed by atoms with Gasteiger partial charge in [-0.1, -0.05) is 26.5 Å². The zero-order chi connectivity index (χ0) is 8.43. The van der Waals surface area contributed by atoms with Crippen molar-refractivity contribution in [3.63, 3.8) is 0 Å². The summed E-state index contributed by atoms with van der Waals surface area (Å²) in [6, 6.07) is 0. The molecule has 1 unspecified atom stereocenters. The maximum absolute atomic E-state index is 11.2. The molecule has 60 valence electrons. The Hall–Kier alpha value is -1.05. The molecule has 0 fully saturated rings. The van der Waals surface area contributed by atoms with Gasteiger partial charge in [0, 0.05) is 5.70 Å². The van der Waals surface area contributed by atoms with Crippen LogP contribution in [0.2, 0.25) is 0 Å². The second-order valence-corrected chi connectivity index (χ2v) is 3.14. The van der Waals surface area contributed by atoms with Crippen LogP contribution in [0.1, 0.15) is 13.8 Å². The maximum atomic E-state index is 11.2.